The van der Waals surface area contributed by atoms with Crippen LogP contribution in [-0.4, -0.2) is 75.2 Å². The largest absolute Gasteiger partial charge is 0.496 e. The van der Waals surface area contributed by atoms with Crippen molar-refractivity contribution in [1.82, 2.24) is 4.90 Å². The van der Waals surface area contributed by atoms with Gasteiger partial charge in [0.1, 0.15) is 5.75 Å². The Morgan fingerprint density at radius 1 is 0.886 bits per heavy atom. The lowest BCUT2D eigenvalue weighted by Crippen LogP contribution is -2.39. The van der Waals surface area contributed by atoms with E-state index in [1.165, 1.54) is 16.7 Å². The normalized spacial score (nSPS) is 13.7. The van der Waals surface area contributed by atoms with Crippen molar-refractivity contribution in [2.24, 2.45) is 0 Å². The molecule has 0 fully saturated rings. The van der Waals surface area contributed by atoms with Gasteiger partial charge in [0.05, 0.1) is 7.11 Å². The Labute approximate surface area is 207 Å². The van der Waals surface area contributed by atoms with Gasteiger partial charge in [0.15, 0.2) is 12.2 Å². The van der Waals surface area contributed by atoms with Gasteiger partial charge in [-0.15, -0.1) is 0 Å². The maximum absolute atomic E-state index is 9.77. The highest BCUT2D eigenvalue weighted by Gasteiger charge is 2.29. The molecule has 8 nitrogen and oxygen atoms in total. The quantitative estimate of drug-likeness (QED) is 0.378. The molecular weight excluding hydrogens is 450 g/mol. The van der Waals surface area contributed by atoms with Crippen LogP contribution in [0.25, 0.3) is 0 Å². The molecule has 35 heavy (non-hydrogen) atoms. The van der Waals surface area contributed by atoms with Crippen LogP contribution in [-0.2, 0) is 9.59 Å². The minimum atomic E-state index is -2.27. The smallest absolute Gasteiger partial charge is 0.335 e. The predicted octanol–water partition coefficient (Wildman–Crippen LogP) is 3.52. The number of rotatable bonds is 11. The summed E-state index contributed by atoms with van der Waals surface area (Å²) in [5.74, 6) is -2.21. The number of carbonyl (C=O) groups is 2. The molecule has 0 aliphatic heterocycles. The third-order valence-electron chi connectivity index (χ3n) is 5.77. The molecule has 0 heterocycles. The van der Waals surface area contributed by atoms with E-state index in [9.17, 15) is 9.59 Å². The molecule has 0 aromatic heterocycles. The Balaban J connectivity index is 0.000000518. The van der Waals surface area contributed by atoms with Crippen molar-refractivity contribution >= 4 is 11.9 Å². The Hall–Kier alpha value is -2.94. The zero-order chi connectivity index (χ0) is 26.7. The fourth-order valence-corrected chi connectivity index (χ4v) is 3.97. The van der Waals surface area contributed by atoms with Gasteiger partial charge < -0.3 is 25.2 Å². The number of benzene rings is 2. The topological polar surface area (TPSA) is 128 Å². The second-order valence-corrected chi connectivity index (χ2v) is 8.99. The van der Waals surface area contributed by atoms with Gasteiger partial charge in [0.2, 0.25) is 0 Å². The summed E-state index contributed by atoms with van der Waals surface area (Å²) in [7, 11) is 1.77. The lowest BCUT2D eigenvalue weighted by molar-refractivity contribution is -0.165. The van der Waals surface area contributed by atoms with Crippen LogP contribution < -0.4 is 4.74 Å². The molecule has 0 saturated heterocycles. The zero-order valence-corrected chi connectivity index (χ0v) is 21.4. The Kier molecular flexibility index (Phi) is 12.4. The number of hydrogen-bond acceptors (Lipinski definition) is 6. The monoisotopic (exact) mass is 489 g/mol. The number of aliphatic carboxylic acids is 2. The van der Waals surface area contributed by atoms with Gasteiger partial charge in [-0.05, 0) is 59.2 Å². The molecular formula is C27H39NO7. The third kappa shape index (κ3) is 9.32. The summed E-state index contributed by atoms with van der Waals surface area (Å²) in [6.45, 7) is 12.4. The van der Waals surface area contributed by atoms with Crippen LogP contribution in [0.4, 0.5) is 0 Å². The number of carboxylic acids is 2. The molecule has 3 atom stereocenters. The molecule has 0 bridgehead atoms. The van der Waals surface area contributed by atoms with E-state index >= 15 is 0 Å². The highest BCUT2D eigenvalue weighted by atomic mass is 16.5. The van der Waals surface area contributed by atoms with E-state index in [1.807, 2.05) is 0 Å². The van der Waals surface area contributed by atoms with Crippen LogP contribution in [0.5, 0.6) is 5.75 Å². The van der Waals surface area contributed by atoms with Gasteiger partial charge in [0, 0.05) is 23.6 Å². The van der Waals surface area contributed by atoms with Crippen molar-refractivity contribution in [3.8, 4) is 5.75 Å². The van der Waals surface area contributed by atoms with Gasteiger partial charge in [-0.1, -0.05) is 48.0 Å². The van der Waals surface area contributed by atoms with Crippen molar-refractivity contribution in [2.75, 3.05) is 13.7 Å². The van der Waals surface area contributed by atoms with Crippen LogP contribution in [0.2, 0.25) is 0 Å². The minimum absolute atomic E-state index is 0.344. The first kappa shape index (κ1) is 30.1. The van der Waals surface area contributed by atoms with E-state index in [1.54, 1.807) is 7.11 Å². The molecule has 4 N–H and O–H groups in total. The van der Waals surface area contributed by atoms with Gasteiger partial charge in [0.25, 0.3) is 0 Å². The van der Waals surface area contributed by atoms with Crippen LogP contribution >= 0.6 is 0 Å². The number of ether oxygens (including phenoxy) is 1. The van der Waals surface area contributed by atoms with Gasteiger partial charge >= 0.3 is 11.9 Å². The number of methoxy groups -OCH3 is 1. The maximum Gasteiger partial charge on any atom is 0.335 e. The summed E-state index contributed by atoms with van der Waals surface area (Å²) >= 11 is 0. The van der Waals surface area contributed by atoms with Gasteiger partial charge in [-0.25, -0.2) is 9.59 Å². The first-order valence-corrected chi connectivity index (χ1v) is 11.7. The average Bonchev–Trinajstić information content (AvgIpc) is 2.81. The number of carboxylic acid groups (broad SMARTS) is 2. The van der Waals surface area contributed by atoms with E-state index in [0.29, 0.717) is 18.0 Å². The number of nitrogens with zero attached hydrogens (tertiary/aromatic N) is 1. The van der Waals surface area contributed by atoms with Gasteiger partial charge in [-0.3, -0.25) is 4.90 Å². The minimum Gasteiger partial charge on any atom is -0.496 e. The number of aliphatic hydroxyl groups is 2. The van der Waals surface area contributed by atoms with Crippen molar-refractivity contribution in [1.29, 1.82) is 0 Å². The molecule has 0 aliphatic rings. The summed E-state index contributed by atoms with van der Waals surface area (Å²) in [6.07, 6.45) is -3.45. The highest BCUT2D eigenvalue weighted by Crippen LogP contribution is 2.35. The molecule has 2 unspecified atom stereocenters. The molecule has 0 saturated carbocycles. The molecule has 8 heteroatoms. The van der Waals surface area contributed by atoms with E-state index < -0.39 is 24.1 Å². The predicted molar refractivity (Wildman–Crippen MR) is 135 cm³/mol. The number of aliphatic hydroxyl groups excluding tert-OH is 2. The molecule has 0 aliphatic carbocycles. The van der Waals surface area contributed by atoms with Crippen molar-refractivity contribution < 1.29 is 34.8 Å². The summed E-state index contributed by atoms with van der Waals surface area (Å²) in [6, 6.07) is 18.4. The molecule has 2 aromatic rings. The molecule has 0 radical (unpaired) electrons. The maximum atomic E-state index is 9.77. The zero-order valence-electron chi connectivity index (χ0n) is 21.4. The summed E-state index contributed by atoms with van der Waals surface area (Å²) < 4.78 is 5.69. The number of hydrogen-bond donors (Lipinski definition) is 4. The van der Waals surface area contributed by atoms with E-state index in [0.717, 1.165) is 18.7 Å². The second kappa shape index (κ2) is 14.5. The summed E-state index contributed by atoms with van der Waals surface area (Å²) in [4.78, 5) is 22.1. The molecule has 2 aromatic carbocycles. The lowest BCUT2D eigenvalue weighted by atomic mass is 9.86. The highest BCUT2D eigenvalue weighted by molar-refractivity contribution is 5.83. The van der Waals surface area contributed by atoms with Crippen molar-refractivity contribution in [2.45, 2.75) is 71.2 Å². The van der Waals surface area contributed by atoms with Crippen molar-refractivity contribution in [3.63, 3.8) is 0 Å². The third-order valence-corrected chi connectivity index (χ3v) is 5.77. The fourth-order valence-electron chi connectivity index (χ4n) is 3.97. The first-order valence-electron chi connectivity index (χ1n) is 11.7. The second-order valence-electron chi connectivity index (χ2n) is 8.99. The van der Waals surface area contributed by atoms with E-state index in [2.05, 4.69) is 88.0 Å². The standard InChI is InChI=1S/C23H33NO.C4H6O6/c1-17(2)24(18(3)4)15-14-21(20-10-8-7-9-11-20)22-16-19(5)12-13-23(22)25-6;5-1(3(7)8)2(6)4(9)10/h7-13,16-18,21H,14-15H2,1-6H3;1-2,5-6H,(H,7,8)(H,9,10)/t21-;/m1./s1. The van der Waals surface area contributed by atoms with Gasteiger partial charge in [-0.2, -0.15) is 0 Å². The fraction of sp³-hybridized carbons (Fsp3) is 0.481. The van der Waals surface area contributed by atoms with Crippen LogP contribution in [0.1, 0.15) is 56.7 Å². The molecule has 0 amide bonds. The summed E-state index contributed by atoms with van der Waals surface area (Å²) in [5.41, 5.74) is 3.93. The molecule has 194 valence electrons. The first-order chi connectivity index (χ1) is 16.4. The Bertz CT molecular complexity index is 904. The Morgan fingerprint density at radius 3 is 1.83 bits per heavy atom. The van der Waals surface area contributed by atoms with Crippen LogP contribution in [0.3, 0.4) is 0 Å². The Morgan fingerprint density at radius 2 is 1.40 bits per heavy atom. The van der Waals surface area contributed by atoms with E-state index in [-0.39, 0.29) is 0 Å². The van der Waals surface area contributed by atoms with Crippen molar-refractivity contribution in [3.05, 3.63) is 65.2 Å². The lowest BCUT2D eigenvalue weighted by Gasteiger charge is -2.32. The van der Waals surface area contributed by atoms with Crippen LogP contribution in [0, 0.1) is 6.92 Å². The molecule has 0 spiro atoms. The SMILES string of the molecule is COc1ccc(C)cc1[C@H](CCN(C(C)C)C(C)C)c1ccccc1.O=C(O)C(O)C(O)C(=O)O. The summed E-state index contributed by atoms with van der Waals surface area (Å²) in [5, 5.41) is 32.5. The van der Waals surface area contributed by atoms with E-state index in [4.69, 9.17) is 25.2 Å². The van der Waals surface area contributed by atoms with Crippen LogP contribution in [0.15, 0.2) is 48.5 Å². The number of aryl methyl sites for hydroxylation is 1. The average molecular weight is 490 g/mol. The molecule has 2 rings (SSSR count).